The lowest BCUT2D eigenvalue weighted by Crippen LogP contribution is -2.32. The van der Waals surface area contributed by atoms with E-state index in [1.165, 1.54) is 17.6 Å². The van der Waals surface area contributed by atoms with Crippen molar-refractivity contribution in [1.29, 1.82) is 0 Å². The van der Waals surface area contributed by atoms with Crippen LogP contribution in [0.2, 0.25) is 0 Å². The molecule has 2 rings (SSSR count). The number of hydrogen-bond donors (Lipinski definition) is 2. The first-order valence-electron chi connectivity index (χ1n) is 8.83. The van der Waals surface area contributed by atoms with Gasteiger partial charge in [-0.1, -0.05) is 25.1 Å². The van der Waals surface area contributed by atoms with Gasteiger partial charge in [-0.05, 0) is 54.5 Å². The number of sulfonamides is 1. The van der Waals surface area contributed by atoms with Gasteiger partial charge in [-0.3, -0.25) is 4.31 Å². The Morgan fingerprint density at radius 3 is 2.21 bits per heavy atom. The van der Waals surface area contributed by atoms with E-state index in [1.54, 1.807) is 48.5 Å². The van der Waals surface area contributed by atoms with E-state index >= 15 is 0 Å². The molecule has 0 aliphatic rings. The Hall–Kier alpha value is -2.17. The summed E-state index contributed by atoms with van der Waals surface area (Å²) >= 11 is 5.40. The molecular weight excluding hydrogens is 430 g/mol. The fourth-order valence-electron chi connectivity index (χ4n) is 2.66. The van der Waals surface area contributed by atoms with Crippen LogP contribution in [0.4, 0.5) is 11.4 Å². The van der Waals surface area contributed by atoms with Crippen LogP contribution in [0, 0.1) is 0 Å². The molecule has 0 amide bonds. The number of sulfone groups is 1. The van der Waals surface area contributed by atoms with Crippen molar-refractivity contribution < 1.29 is 16.8 Å². The largest absolute Gasteiger partial charge is 0.356 e. The maximum atomic E-state index is 11.7. The topological polar surface area (TPSA) is 95.6 Å². The Labute approximate surface area is 178 Å². The maximum Gasteiger partial charge on any atom is 0.231 e. The zero-order valence-corrected chi connectivity index (χ0v) is 19.2. The van der Waals surface area contributed by atoms with Crippen LogP contribution in [-0.4, -0.2) is 41.5 Å². The molecule has 0 bridgehead atoms. The molecule has 0 aliphatic heterocycles. The van der Waals surface area contributed by atoms with Crippen LogP contribution in [0.5, 0.6) is 0 Å². The van der Waals surface area contributed by atoms with E-state index in [0.29, 0.717) is 16.5 Å². The number of hydrogen-bond acceptors (Lipinski definition) is 5. The summed E-state index contributed by atoms with van der Waals surface area (Å²) in [7, 11) is -5.12. The van der Waals surface area contributed by atoms with Crippen LogP contribution >= 0.6 is 12.2 Å². The van der Waals surface area contributed by atoms with Crippen LogP contribution in [0.3, 0.4) is 0 Å². The van der Waals surface area contributed by atoms with Crippen LogP contribution in [0.15, 0.2) is 53.4 Å². The molecule has 2 aromatic rings. The zero-order chi connectivity index (χ0) is 21.8. The highest BCUT2D eigenvalue weighted by Gasteiger charge is 2.15. The van der Waals surface area contributed by atoms with E-state index in [1.807, 2.05) is 6.92 Å². The number of thiocarbonyl (C=S) groups is 1. The monoisotopic (exact) mass is 455 g/mol. The Kier molecular flexibility index (Phi) is 7.25. The Morgan fingerprint density at radius 1 is 1.07 bits per heavy atom. The first kappa shape index (κ1) is 23.1. The van der Waals surface area contributed by atoms with Crippen molar-refractivity contribution in [1.82, 2.24) is 5.32 Å². The molecule has 2 N–H and O–H groups in total. The van der Waals surface area contributed by atoms with Crippen molar-refractivity contribution in [3.63, 3.8) is 0 Å². The van der Waals surface area contributed by atoms with Gasteiger partial charge in [-0.25, -0.2) is 16.8 Å². The van der Waals surface area contributed by atoms with Gasteiger partial charge in [-0.15, -0.1) is 0 Å². The second-order valence-electron chi connectivity index (χ2n) is 6.68. The van der Waals surface area contributed by atoms with E-state index in [4.69, 9.17) is 12.2 Å². The molecule has 0 saturated heterocycles. The van der Waals surface area contributed by atoms with Gasteiger partial charge in [0.25, 0.3) is 0 Å². The predicted octanol–water partition coefficient (Wildman–Crippen LogP) is 2.92. The molecule has 0 fully saturated rings. The minimum atomic E-state index is -3.36. The fourth-order valence-corrected chi connectivity index (χ4v) is 4.05. The number of benzene rings is 2. The minimum absolute atomic E-state index is 0.106. The van der Waals surface area contributed by atoms with Gasteiger partial charge < -0.3 is 10.6 Å². The predicted molar refractivity (Wildman–Crippen MR) is 122 cm³/mol. The third kappa shape index (κ3) is 6.41. The molecule has 0 heterocycles. The summed E-state index contributed by atoms with van der Waals surface area (Å²) in [6, 6.07) is 13.5. The van der Waals surface area contributed by atoms with E-state index in [-0.39, 0.29) is 10.9 Å². The van der Waals surface area contributed by atoms with E-state index in [0.717, 1.165) is 18.2 Å². The van der Waals surface area contributed by atoms with E-state index in [2.05, 4.69) is 10.6 Å². The summed E-state index contributed by atoms with van der Waals surface area (Å²) in [6.07, 6.45) is 3.04. The molecule has 0 saturated carbocycles. The minimum Gasteiger partial charge on any atom is -0.356 e. The number of rotatable bonds is 7. The number of nitrogens with one attached hydrogen (secondary N) is 2. The van der Waals surface area contributed by atoms with Crippen molar-refractivity contribution in [3.8, 4) is 0 Å². The average Bonchev–Trinajstić information content (AvgIpc) is 2.64. The van der Waals surface area contributed by atoms with Crippen molar-refractivity contribution in [2.45, 2.75) is 24.3 Å². The Bertz CT molecular complexity index is 1080. The summed E-state index contributed by atoms with van der Waals surface area (Å²) < 4.78 is 47.9. The molecule has 158 valence electrons. The lowest BCUT2D eigenvalue weighted by molar-refractivity contribution is 0.599. The van der Waals surface area contributed by atoms with E-state index in [9.17, 15) is 16.8 Å². The molecular formula is C19H25N3O4S3. The van der Waals surface area contributed by atoms with Crippen molar-refractivity contribution in [3.05, 3.63) is 54.1 Å². The Morgan fingerprint density at radius 2 is 1.69 bits per heavy atom. The summed E-state index contributed by atoms with van der Waals surface area (Å²) in [6.45, 7) is 1.99. The van der Waals surface area contributed by atoms with Crippen molar-refractivity contribution in [2.24, 2.45) is 0 Å². The molecule has 2 aromatic carbocycles. The molecule has 0 aromatic heterocycles. The van der Waals surface area contributed by atoms with Gasteiger partial charge in [-0.2, -0.15) is 0 Å². The van der Waals surface area contributed by atoms with Gasteiger partial charge >= 0.3 is 0 Å². The third-order valence-electron chi connectivity index (χ3n) is 4.39. The van der Waals surface area contributed by atoms with Gasteiger partial charge in [0.2, 0.25) is 10.0 Å². The van der Waals surface area contributed by atoms with Crippen LogP contribution < -0.4 is 14.9 Å². The summed E-state index contributed by atoms with van der Waals surface area (Å²) in [5.41, 5.74) is 2.08. The van der Waals surface area contributed by atoms with Gasteiger partial charge in [0.05, 0.1) is 22.9 Å². The van der Waals surface area contributed by atoms with Gasteiger partial charge in [0, 0.05) is 19.0 Å². The number of nitrogens with zero attached hydrogens (tertiary/aromatic N) is 1. The Balaban J connectivity index is 2.11. The molecule has 29 heavy (non-hydrogen) atoms. The molecule has 0 radical (unpaired) electrons. The van der Waals surface area contributed by atoms with E-state index < -0.39 is 19.9 Å². The SMILES string of the molecule is CCC(NC(=S)Nc1cccc(N(C)S(C)(=O)=O)c1)c1ccc(S(C)(=O)=O)cc1. The van der Waals surface area contributed by atoms with Gasteiger partial charge in [0.15, 0.2) is 14.9 Å². The molecule has 1 unspecified atom stereocenters. The van der Waals surface area contributed by atoms with Crippen molar-refractivity contribution >= 4 is 48.6 Å². The normalized spacial score (nSPS) is 12.8. The number of anilines is 2. The smallest absolute Gasteiger partial charge is 0.231 e. The van der Waals surface area contributed by atoms with Crippen LogP contribution in [0.25, 0.3) is 0 Å². The second-order valence-corrected chi connectivity index (χ2v) is 11.1. The molecule has 0 spiro atoms. The summed E-state index contributed by atoms with van der Waals surface area (Å²) in [5, 5.41) is 6.65. The molecule has 10 heteroatoms. The first-order valence-corrected chi connectivity index (χ1v) is 13.0. The third-order valence-corrected chi connectivity index (χ3v) is 6.94. The summed E-state index contributed by atoms with van der Waals surface area (Å²) in [5.74, 6) is 0. The van der Waals surface area contributed by atoms with Gasteiger partial charge in [0.1, 0.15) is 0 Å². The molecule has 7 nitrogen and oxygen atoms in total. The average molecular weight is 456 g/mol. The highest BCUT2D eigenvalue weighted by atomic mass is 32.2. The van der Waals surface area contributed by atoms with Crippen molar-refractivity contribution in [2.75, 3.05) is 29.2 Å². The lowest BCUT2D eigenvalue weighted by atomic mass is 10.1. The van der Waals surface area contributed by atoms with Crippen LogP contribution in [0.1, 0.15) is 24.9 Å². The highest BCUT2D eigenvalue weighted by molar-refractivity contribution is 7.92. The molecule has 0 aliphatic carbocycles. The second kappa shape index (κ2) is 9.10. The standard InChI is InChI=1S/C19H25N3O4S3/c1-5-18(14-9-11-17(12-10-14)28(3,23)24)21-19(27)20-15-7-6-8-16(13-15)22(2)29(4,25)26/h6-13,18H,5H2,1-4H3,(H2,20,21,27). The zero-order valence-electron chi connectivity index (χ0n) is 16.7. The fraction of sp³-hybridized carbons (Fsp3) is 0.316. The lowest BCUT2D eigenvalue weighted by Gasteiger charge is -2.21. The quantitative estimate of drug-likeness (QED) is 0.620. The molecule has 1 atom stereocenters. The summed E-state index contributed by atoms with van der Waals surface area (Å²) in [4.78, 5) is 0.267. The maximum absolute atomic E-state index is 11.7. The highest BCUT2D eigenvalue weighted by Crippen LogP contribution is 2.22. The van der Waals surface area contributed by atoms with Crippen LogP contribution in [-0.2, 0) is 19.9 Å². The first-order chi connectivity index (χ1) is 13.4.